The van der Waals surface area contributed by atoms with E-state index in [1.54, 1.807) is 18.0 Å². The van der Waals surface area contributed by atoms with Crippen molar-refractivity contribution in [3.8, 4) is 0 Å². The molecule has 134 valence electrons. The fraction of sp³-hybridized carbons (Fsp3) is 0.474. The van der Waals surface area contributed by atoms with Crippen molar-refractivity contribution >= 4 is 5.91 Å². The fourth-order valence-electron chi connectivity index (χ4n) is 3.42. The minimum absolute atomic E-state index is 0.00316. The molecule has 25 heavy (non-hydrogen) atoms. The van der Waals surface area contributed by atoms with Crippen molar-refractivity contribution in [2.24, 2.45) is 0 Å². The highest BCUT2D eigenvalue weighted by Gasteiger charge is 2.24. The first-order valence-corrected chi connectivity index (χ1v) is 8.78. The average Bonchev–Trinajstić information content (AvgIpc) is 3.08. The molecular weight excluding hydrogens is 319 g/mol. The number of benzene rings is 1. The van der Waals surface area contributed by atoms with Crippen LogP contribution in [0.5, 0.6) is 0 Å². The smallest absolute Gasteiger partial charge is 0.239 e. The lowest BCUT2D eigenvalue weighted by molar-refractivity contribution is -0.132. The molecule has 0 bridgehead atoms. The van der Waals surface area contributed by atoms with Crippen LogP contribution in [0.1, 0.15) is 37.1 Å². The highest BCUT2D eigenvalue weighted by atomic mass is 19.1. The lowest BCUT2D eigenvalue weighted by Crippen LogP contribution is -2.44. The van der Waals surface area contributed by atoms with Gasteiger partial charge in [0.2, 0.25) is 5.91 Å². The second kappa shape index (κ2) is 7.78. The standard InChI is InChI=1S/C19H25FN4O/c1-14(19(25)23(2)13-15-5-3-7-17(20)11-15)22-12-16-6-4-9-24-10-8-21-18(16)24/h3,5,7-8,10-11,14,16,22H,4,6,9,12-13H2,1-2H3/t14-,16+/m1/s1. The van der Waals surface area contributed by atoms with Gasteiger partial charge in [-0.3, -0.25) is 4.79 Å². The quantitative estimate of drug-likeness (QED) is 0.876. The van der Waals surface area contributed by atoms with Crippen LogP contribution in [0.15, 0.2) is 36.7 Å². The van der Waals surface area contributed by atoms with Crippen LogP contribution in [0.2, 0.25) is 0 Å². The number of nitrogens with zero attached hydrogens (tertiary/aromatic N) is 3. The van der Waals surface area contributed by atoms with Crippen LogP contribution >= 0.6 is 0 Å². The SMILES string of the molecule is C[C@@H](NC[C@@H]1CCCn2ccnc21)C(=O)N(C)Cc1cccc(F)c1. The minimum Gasteiger partial charge on any atom is -0.340 e. The Morgan fingerprint density at radius 3 is 3.16 bits per heavy atom. The molecule has 0 aliphatic carbocycles. The van der Waals surface area contributed by atoms with Gasteiger partial charge in [0.05, 0.1) is 6.04 Å². The van der Waals surface area contributed by atoms with Gasteiger partial charge in [0.1, 0.15) is 11.6 Å². The van der Waals surface area contributed by atoms with Crippen molar-refractivity contribution in [1.82, 2.24) is 19.8 Å². The van der Waals surface area contributed by atoms with E-state index in [0.29, 0.717) is 12.5 Å². The van der Waals surface area contributed by atoms with Crippen LogP contribution in [-0.2, 0) is 17.9 Å². The Morgan fingerprint density at radius 1 is 1.52 bits per heavy atom. The van der Waals surface area contributed by atoms with Crippen molar-refractivity contribution in [1.29, 1.82) is 0 Å². The number of fused-ring (bicyclic) bond motifs is 1. The third-order valence-electron chi connectivity index (χ3n) is 4.79. The number of nitrogens with one attached hydrogen (secondary N) is 1. The second-order valence-electron chi connectivity index (χ2n) is 6.77. The molecule has 1 N–H and O–H groups in total. The Balaban J connectivity index is 1.53. The zero-order valence-electron chi connectivity index (χ0n) is 14.8. The number of likely N-dealkylation sites (N-methyl/N-ethyl adjacent to an activating group) is 1. The molecule has 0 saturated carbocycles. The van der Waals surface area contributed by atoms with Gasteiger partial charge in [0, 0.05) is 45.0 Å². The van der Waals surface area contributed by atoms with Crippen molar-refractivity contribution in [3.05, 3.63) is 53.9 Å². The molecule has 0 fully saturated rings. The molecule has 6 heteroatoms. The first kappa shape index (κ1) is 17.6. The number of aromatic nitrogens is 2. The van der Waals surface area contributed by atoms with Crippen molar-refractivity contribution in [3.63, 3.8) is 0 Å². The Labute approximate surface area is 147 Å². The topological polar surface area (TPSA) is 50.2 Å². The summed E-state index contributed by atoms with van der Waals surface area (Å²) in [5.41, 5.74) is 0.789. The van der Waals surface area contributed by atoms with Crippen molar-refractivity contribution < 1.29 is 9.18 Å². The van der Waals surface area contributed by atoms with Crippen LogP contribution in [0.25, 0.3) is 0 Å². The van der Waals surface area contributed by atoms with Gasteiger partial charge in [-0.1, -0.05) is 12.1 Å². The molecule has 2 aromatic rings. The molecular formula is C19H25FN4O. The van der Waals surface area contributed by atoms with Crippen LogP contribution in [-0.4, -0.2) is 40.0 Å². The van der Waals surface area contributed by atoms with E-state index in [1.807, 2.05) is 25.4 Å². The maximum atomic E-state index is 13.3. The van der Waals surface area contributed by atoms with E-state index in [9.17, 15) is 9.18 Å². The lowest BCUT2D eigenvalue weighted by Gasteiger charge is -2.27. The van der Waals surface area contributed by atoms with E-state index in [2.05, 4.69) is 14.9 Å². The normalized spacial score (nSPS) is 17.8. The third-order valence-corrected chi connectivity index (χ3v) is 4.79. The van der Waals surface area contributed by atoms with Gasteiger partial charge in [-0.25, -0.2) is 9.37 Å². The molecule has 0 saturated heterocycles. The molecule has 2 heterocycles. The first-order chi connectivity index (χ1) is 12.0. The molecule has 3 rings (SSSR count). The molecule has 2 atom stereocenters. The van der Waals surface area contributed by atoms with E-state index in [1.165, 1.54) is 12.1 Å². The van der Waals surface area contributed by atoms with Crippen LogP contribution < -0.4 is 5.32 Å². The van der Waals surface area contributed by atoms with E-state index in [0.717, 1.165) is 37.3 Å². The van der Waals surface area contributed by atoms with Crippen LogP contribution in [0.3, 0.4) is 0 Å². The van der Waals surface area contributed by atoms with Crippen molar-refractivity contribution in [2.45, 2.75) is 44.8 Å². The lowest BCUT2D eigenvalue weighted by atomic mass is 9.98. The zero-order chi connectivity index (χ0) is 17.8. The highest BCUT2D eigenvalue weighted by molar-refractivity contribution is 5.81. The zero-order valence-corrected chi connectivity index (χ0v) is 14.8. The Bertz CT molecular complexity index is 730. The number of halogens is 1. The summed E-state index contributed by atoms with van der Waals surface area (Å²) in [7, 11) is 1.75. The Kier molecular flexibility index (Phi) is 5.48. The fourth-order valence-corrected chi connectivity index (χ4v) is 3.42. The molecule has 1 aliphatic rings. The maximum absolute atomic E-state index is 13.3. The van der Waals surface area contributed by atoms with Gasteiger partial charge < -0.3 is 14.8 Å². The number of carbonyl (C=O) groups excluding carboxylic acids is 1. The van der Waals surface area contributed by atoms with E-state index < -0.39 is 0 Å². The number of aryl methyl sites for hydroxylation is 1. The molecule has 1 amide bonds. The number of hydrogen-bond donors (Lipinski definition) is 1. The first-order valence-electron chi connectivity index (χ1n) is 8.78. The summed E-state index contributed by atoms with van der Waals surface area (Å²) >= 11 is 0. The van der Waals surface area contributed by atoms with E-state index >= 15 is 0 Å². The summed E-state index contributed by atoms with van der Waals surface area (Å²) in [4.78, 5) is 18.6. The largest absolute Gasteiger partial charge is 0.340 e. The predicted molar refractivity (Wildman–Crippen MR) is 94.5 cm³/mol. The average molecular weight is 344 g/mol. The van der Waals surface area contributed by atoms with Gasteiger partial charge in [0.25, 0.3) is 0 Å². The van der Waals surface area contributed by atoms with E-state index in [-0.39, 0.29) is 17.8 Å². The summed E-state index contributed by atoms with van der Waals surface area (Å²) < 4.78 is 15.5. The molecule has 0 unspecified atom stereocenters. The molecule has 1 aromatic carbocycles. The Hall–Kier alpha value is -2.21. The van der Waals surface area contributed by atoms with Gasteiger partial charge in [0.15, 0.2) is 0 Å². The monoisotopic (exact) mass is 344 g/mol. The van der Waals surface area contributed by atoms with Crippen LogP contribution in [0, 0.1) is 5.82 Å². The highest BCUT2D eigenvalue weighted by Crippen LogP contribution is 2.24. The summed E-state index contributed by atoms with van der Waals surface area (Å²) in [6, 6.07) is 6.07. The number of carbonyl (C=O) groups is 1. The van der Waals surface area contributed by atoms with Gasteiger partial charge >= 0.3 is 0 Å². The summed E-state index contributed by atoms with van der Waals surface area (Å²) in [6.45, 7) is 4.03. The number of amides is 1. The number of imidazole rings is 1. The maximum Gasteiger partial charge on any atom is 0.239 e. The summed E-state index contributed by atoms with van der Waals surface area (Å²) in [5, 5.41) is 3.34. The molecule has 1 aromatic heterocycles. The van der Waals surface area contributed by atoms with Crippen LogP contribution in [0.4, 0.5) is 4.39 Å². The second-order valence-corrected chi connectivity index (χ2v) is 6.77. The molecule has 5 nitrogen and oxygen atoms in total. The number of rotatable bonds is 6. The minimum atomic E-state index is -0.288. The molecule has 1 aliphatic heterocycles. The summed E-state index contributed by atoms with van der Waals surface area (Å²) in [5.74, 6) is 1.17. The van der Waals surface area contributed by atoms with Gasteiger partial charge in [-0.05, 0) is 37.5 Å². The molecule has 0 radical (unpaired) electrons. The Morgan fingerprint density at radius 2 is 2.36 bits per heavy atom. The van der Waals surface area contributed by atoms with Gasteiger partial charge in [-0.2, -0.15) is 0 Å². The summed E-state index contributed by atoms with van der Waals surface area (Å²) in [6.07, 6.45) is 6.08. The van der Waals surface area contributed by atoms with Gasteiger partial charge in [-0.15, -0.1) is 0 Å². The van der Waals surface area contributed by atoms with Crippen molar-refractivity contribution in [2.75, 3.05) is 13.6 Å². The van der Waals surface area contributed by atoms with E-state index in [4.69, 9.17) is 0 Å². The number of hydrogen-bond acceptors (Lipinski definition) is 3. The molecule has 0 spiro atoms. The third kappa shape index (κ3) is 4.25. The predicted octanol–water partition coefficient (Wildman–Crippen LogP) is 2.54.